The monoisotopic (exact) mass is 192 g/mol. The SMILES string of the molecule is Cc1cc(N2CCCC2)cc(CO)n1. The van der Waals surface area contributed by atoms with E-state index in [1.165, 1.54) is 18.5 Å². The van der Waals surface area contributed by atoms with Gasteiger partial charge in [0.05, 0.1) is 12.3 Å². The van der Waals surface area contributed by atoms with Crippen LogP contribution in [0.2, 0.25) is 0 Å². The van der Waals surface area contributed by atoms with Gasteiger partial charge in [-0.1, -0.05) is 0 Å². The fourth-order valence-electron chi connectivity index (χ4n) is 1.96. The molecule has 1 fully saturated rings. The van der Waals surface area contributed by atoms with E-state index in [1.807, 2.05) is 13.0 Å². The van der Waals surface area contributed by atoms with E-state index < -0.39 is 0 Å². The largest absolute Gasteiger partial charge is 0.390 e. The molecular formula is C11H16N2O. The van der Waals surface area contributed by atoms with Gasteiger partial charge in [0.2, 0.25) is 0 Å². The lowest BCUT2D eigenvalue weighted by molar-refractivity contribution is 0.276. The molecule has 2 rings (SSSR count). The third-order valence-corrected chi connectivity index (χ3v) is 2.62. The van der Waals surface area contributed by atoms with E-state index >= 15 is 0 Å². The normalized spacial score (nSPS) is 16.3. The molecule has 1 aromatic heterocycles. The fraction of sp³-hybridized carbons (Fsp3) is 0.545. The van der Waals surface area contributed by atoms with Crippen LogP contribution < -0.4 is 4.90 Å². The zero-order valence-corrected chi connectivity index (χ0v) is 8.53. The van der Waals surface area contributed by atoms with Crippen molar-refractivity contribution < 1.29 is 5.11 Å². The number of nitrogens with zero attached hydrogens (tertiary/aromatic N) is 2. The Morgan fingerprint density at radius 3 is 2.71 bits per heavy atom. The van der Waals surface area contributed by atoms with Crippen LogP contribution in [0.3, 0.4) is 0 Å². The zero-order valence-electron chi connectivity index (χ0n) is 8.53. The van der Waals surface area contributed by atoms with Crippen molar-refractivity contribution in [2.75, 3.05) is 18.0 Å². The van der Waals surface area contributed by atoms with Crippen LogP contribution in [0.5, 0.6) is 0 Å². The number of aryl methyl sites for hydroxylation is 1. The molecule has 0 aliphatic carbocycles. The van der Waals surface area contributed by atoms with Crippen molar-refractivity contribution in [1.29, 1.82) is 0 Å². The Labute approximate surface area is 84.4 Å². The number of hydrogen-bond acceptors (Lipinski definition) is 3. The maximum atomic E-state index is 9.05. The average Bonchev–Trinajstić information content (AvgIpc) is 2.69. The first-order valence-corrected chi connectivity index (χ1v) is 5.13. The molecule has 3 heteroatoms. The van der Waals surface area contributed by atoms with Crippen LogP contribution in [0, 0.1) is 6.92 Å². The van der Waals surface area contributed by atoms with Gasteiger partial charge in [-0.2, -0.15) is 0 Å². The highest BCUT2D eigenvalue weighted by Gasteiger charge is 2.13. The minimum Gasteiger partial charge on any atom is -0.390 e. The summed E-state index contributed by atoms with van der Waals surface area (Å²) in [5.41, 5.74) is 2.96. The van der Waals surface area contributed by atoms with Gasteiger partial charge in [-0.05, 0) is 31.9 Å². The van der Waals surface area contributed by atoms with E-state index in [2.05, 4.69) is 16.0 Å². The highest BCUT2D eigenvalue weighted by molar-refractivity contribution is 5.48. The van der Waals surface area contributed by atoms with Crippen molar-refractivity contribution in [3.63, 3.8) is 0 Å². The molecule has 0 unspecified atom stereocenters. The first-order chi connectivity index (χ1) is 6.79. The van der Waals surface area contributed by atoms with Gasteiger partial charge in [-0.3, -0.25) is 4.98 Å². The molecule has 0 atom stereocenters. The minimum absolute atomic E-state index is 0.0303. The van der Waals surface area contributed by atoms with Crippen LogP contribution in [-0.4, -0.2) is 23.2 Å². The summed E-state index contributed by atoms with van der Waals surface area (Å²) < 4.78 is 0. The summed E-state index contributed by atoms with van der Waals surface area (Å²) in [6, 6.07) is 4.07. The second-order valence-electron chi connectivity index (χ2n) is 3.81. The van der Waals surface area contributed by atoms with E-state index in [9.17, 15) is 0 Å². The summed E-state index contributed by atoms with van der Waals surface area (Å²) in [5, 5.41) is 9.05. The van der Waals surface area contributed by atoms with Crippen LogP contribution >= 0.6 is 0 Å². The van der Waals surface area contributed by atoms with Gasteiger partial charge in [-0.15, -0.1) is 0 Å². The van der Waals surface area contributed by atoms with Crippen LogP contribution in [0.15, 0.2) is 12.1 Å². The maximum absolute atomic E-state index is 9.05. The molecule has 0 saturated carbocycles. The van der Waals surface area contributed by atoms with Crippen molar-refractivity contribution in [3.8, 4) is 0 Å². The molecule has 1 saturated heterocycles. The van der Waals surface area contributed by atoms with Crippen molar-refractivity contribution >= 4 is 5.69 Å². The second kappa shape index (κ2) is 3.96. The van der Waals surface area contributed by atoms with Crippen molar-refractivity contribution in [1.82, 2.24) is 4.98 Å². The molecule has 3 nitrogen and oxygen atoms in total. The van der Waals surface area contributed by atoms with Gasteiger partial charge >= 0.3 is 0 Å². The molecule has 0 bridgehead atoms. The first kappa shape index (κ1) is 9.46. The Bertz CT molecular complexity index is 319. The third kappa shape index (κ3) is 1.87. The quantitative estimate of drug-likeness (QED) is 0.771. The maximum Gasteiger partial charge on any atom is 0.0853 e. The lowest BCUT2D eigenvalue weighted by Gasteiger charge is -2.18. The van der Waals surface area contributed by atoms with Gasteiger partial charge in [0.15, 0.2) is 0 Å². The molecule has 1 aliphatic rings. The van der Waals surface area contributed by atoms with Crippen LogP contribution in [-0.2, 0) is 6.61 Å². The number of aliphatic hydroxyl groups excluding tert-OH is 1. The number of pyridine rings is 1. The predicted molar refractivity (Wildman–Crippen MR) is 56.3 cm³/mol. The number of anilines is 1. The van der Waals surface area contributed by atoms with Crippen LogP contribution in [0.4, 0.5) is 5.69 Å². The van der Waals surface area contributed by atoms with Crippen molar-refractivity contribution in [2.24, 2.45) is 0 Å². The van der Waals surface area contributed by atoms with E-state index in [0.717, 1.165) is 24.5 Å². The van der Waals surface area contributed by atoms with E-state index in [0.29, 0.717) is 0 Å². The van der Waals surface area contributed by atoms with Gasteiger partial charge in [0, 0.05) is 24.5 Å². The highest BCUT2D eigenvalue weighted by Crippen LogP contribution is 2.21. The first-order valence-electron chi connectivity index (χ1n) is 5.13. The molecule has 76 valence electrons. The van der Waals surface area contributed by atoms with Gasteiger partial charge in [0.1, 0.15) is 0 Å². The summed E-state index contributed by atoms with van der Waals surface area (Å²) in [5.74, 6) is 0. The lowest BCUT2D eigenvalue weighted by Crippen LogP contribution is -2.18. The van der Waals surface area contributed by atoms with Crippen LogP contribution in [0.1, 0.15) is 24.2 Å². The molecule has 14 heavy (non-hydrogen) atoms. The summed E-state index contributed by atoms with van der Waals surface area (Å²) >= 11 is 0. The molecule has 1 aromatic rings. The van der Waals surface area contributed by atoms with Gasteiger partial charge in [-0.25, -0.2) is 0 Å². The predicted octanol–water partition coefficient (Wildman–Crippen LogP) is 1.48. The summed E-state index contributed by atoms with van der Waals surface area (Å²) in [7, 11) is 0. The lowest BCUT2D eigenvalue weighted by atomic mass is 10.2. The fourth-order valence-corrected chi connectivity index (χ4v) is 1.96. The van der Waals surface area contributed by atoms with E-state index in [4.69, 9.17) is 5.11 Å². The number of aliphatic hydroxyl groups is 1. The Kier molecular flexibility index (Phi) is 2.68. The second-order valence-corrected chi connectivity index (χ2v) is 3.81. The Morgan fingerprint density at radius 2 is 2.07 bits per heavy atom. The topological polar surface area (TPSA) is 36.4 Å². The van der Waals surface area contributed by atoms with Crippen molar-refractivity contribution in [3.05, 3.63) is 23.5 Å². The average molecular weight is 192 g/mol. The Morgan fingerprint density at radius 1 is 1.36 bits per heavy atom. The smallest absolute Gasteiger partial charge is 0.0853 e. The third-order valence-electron chi connectivity index (χ3n) is 2.62. The molecule has 0 radical (unpaired) electrons. The zero-order chi connectivity index (χ0) is 9.97. The highest BCUT2D eigenvalue weighted by atomic mass is 16.3. The van der Waals surface area contributed by atoms with Crippen molar-refractivity contribution in [2.45, 2.75) is 26.4 Å². The summed E-state index contributed by atoms with van der Waals surface area (Å²) in [6.45, 7) is 4.27. The number of aromatic nitrogens is 1. The molecule has 0 spiro atoms. The van der Waals surface area contributed by atoms with E-state index in [-0.39, 0.29) is 6.61 Å². The Hall–Kier alpha value is -1.09. The molecular weight excluding hydrogens is 176 g/mol. The van der Waals surface area contributed by atoms with E-state index in [1.54, 1.807) is 0 Å². The molecule has 0 aromatic carbocycles. The van der Waals surface area contributed by atoms with Gasteiger partial charge < -0.3 is 10.0 Å². The number of rotatable bonds is 2. The van der Waals surface area contributed by atoms with Gasteiger partial charge in [0.25, 0.3) is 0 Å². The standard InChI is InChI=1S/C11H16N2O/c1-9-6-11(7-10(8-14)12-9)13-4-2-3-5-13/h6-7,14H,2-5,8H2,1H3. The molecule has 1 aliphatic heterocycles. The molecule has 1 N–H and O–H groups in total. The minimum atomic E-state index is 0.0303. The molecule has 0 amide bonds. The van der Waals surface area contributed by atoms with Crippen LogP contribution in [0.25, 0.3) is 0 Å². The summed E-state index contributed by atoms with van der Waals surface area (Å²) in [6.07, 6.45) is 2.55. The Balaban J connectivity index is 2.27. The summed E-state index contributed by atoms with van der Waals surface area (Å²) in [4.78, 5) is 6.60. The number of hydrogen-bond donors (Lipinski definition) is 1. The molecule has 2 heterocycles.